The third-order valence-electron chi connectivity index (χ3n) is 4.83. The van der Waals surface area contributed by atoms with Gasteiger partial charge in [-0.05, 0) is 68.2 Å². The Bertz CT molecular complexity index is 520. The van der Waals surface area contributed by atoms with Gasteiger partial charge >= 0.3 is 0 Å². The second-order valence-corrected chi connectivity index (χ2v) is 7.97. The molecule has 3 heteroatoms. The molecule has 1 heterocycles. The number of aryl methyl sites for hydroxylation is 2. The molecule has 1 aromatic carbocycles. The van der Waals surface area contributed by atoms with Gasteiger partial charge in [-0.15, -0.1) is 11.8 Å². The molecular formula is C18H25NOS. The van der Waals surface area contributed by atoms with Crippen LogP contribution >= 0.6 is 11.8 Å². The van der Waals surface area contributed by atoms with Crippen LogP contribution in [0.25, 0.3) is 0 Å². The summed E-state index contributed by atoms with van der Waals surface area (Å²) in [6.07, 6.45) is 6.02. The molecule has 0 bridgehead atoms. The van der Waals surface area contributed by atoms with E-state index in [9.17, 15) is 4.79 Å². The topological polar surface area (TPSA) is 20.3 Å². The molecule has 1 amide bonds. The molecule has 1 aliphatic heterocycles. The fourth-order valence-corrected chi connectivity index (χ4v) is 4.38. The van der Waals surface area contributed by atoms with Gasteiger partial charge < -0.3 is 4.90 Å². The molecule has 0 radical (unpaired) electrons. The van der Waals surface area contributed by atoms with Crippen molar-refractivity contribution in [3.05, 3.63) is 29.3 Å². The highest BCUT2D eigenvalue weighted by molar-refractivity contribution is 8.00. The van der Waals surface area contributed by atoms with Gasteiger partial charge in [-0.25, -0.2) is 0 Å². The van der Waals surface area contributed by atoms with Gasteiger partial charge in [-0.3, -0.25) is 4.79 Å². The first-order valence-electron chi connectivity index (χ1n) is 8.21. The second kappa shape index (κ2) is 6.43. The number of benzene rings is 1. The second-order valence-electron chi connectivity index (χ2n) is 6.55. The van der Waals surface area contributed by atoms with Crippen LogP contribution in [0.15, 0.2) is 23.1 Å². The quantitative estimate of drug-likeness (QED) is 0.789. The van der Waals surface area contributed by atoms with Crippen LogP contribution in [0.1, 0.15) is 44.2 Å². The van der Waals surface area contributed by atoms with E-state index >= 15 is 0 Å². The number of hydrogen-bond acceptors (Lipinski definition) is 2. The molecule has 1 saturated heterocycles. The monoisotopic (exact) mass is 303 g/mol. The molecule has 2 nitrogen and oxygen atoms in total. The smallest absolute Gasteiger partial charge is 0.235 e. The van der Waals surface area contributed by atoms with Crippen LogP contribution < -0.4 is 0 Å². The molecule has 21 heavy (non-hydrogen) atoms. The van der Waals surface area contributed by atoms with E-state index in [1.807, 2.05) is 0 Å². The minimum absolute atomic E-state index is 0.0258. The van der Waals surface area contributed by atoms with Crippen LogP contribution in [0.3, 0.4) is 0 Å². The lowest BCUT2D eigenvalue weighted by atomic mass is 9.99. The number of rotatable bonds is 3. The molecule has 1 fully saturated rings. The van der Waals surface area contributed by atoms with E-state index in [2.05, 4.69) is 36.9 Å². The highest BCUT2D eigenvalue weighted by atomic mass is 32.2. The average Bonchev–Trinajstić information content (AvgIpc) is 2.95. The van der Waals surface area contributed by atoms with Gasteiger partial charge in [-0.2, -0.15) is 0 Å². The van der Waals surface area contributed by atoms with E-state index in [1.165, 1.54) is 35.3 Å². The van der Waals surface area contributed by atoms with Crippen molar-refractivity contribution in [2.75, 3.05) is 13.1 Å². The summed E-state index contributed by atoms with van der Waals surface area (Å²) in [7, 11) is 0. The molecule has 0 spiro atoms. The minimum Gasteiger partial charge on any atom is -0.342 e. The molecule has 1 atom stereocenters. The summed E-state index contributed by atoms with van der Waals surface area (Å²) in [4.78, 5) is 15.9. The van der Waals surface area contributed by atoms with Crippen molar-refractivity contribution in [3.63, 3.8) is 0 Å². The maximum Gasteiger partial charge on any atom is 0.235 e. The van der Waals surface area contributed by atoms with Crippen molar-refractivity contribution >= 4 is 17.7 Å². The van der Waals surface area contributed by atoms with E-state index in [0.717, 1.165) is 31.8 Å². The molecule has 114 valence electrons. The predicted octanol–water partition coefficient (Wildman–Crippen LogP) is 3.91. The third kappa shape index (κ3) is 3.45. The van der Waals surface area contributed by atoms with Crippen molar-refractivity contribution in [2.45, 2.75) is 56.1 Å². The summed E-state index contributed by atoms with van der Waals surface area (Å²) in [6.45, 7) is 6.22. The summed E-state index contributed by atoms with van der Waals surface area (Å²) in [5.74, 6) is 1.08. The van der Waals surface area contributed by atoms with E-state index in [1.54, 1.807) is 11.8 Å². The lowest BCUT2D eigenvalue weighted by Gasteiger charge is -2.32. The Morgan fingerprint density at radius 1 is 1.24 bits per heavy atom. The lowest BCUT2D eigenvalue weighted by molar-refractivity contribution is -0.131. The Labute approximate surface area is 132 Å². The highest BCUT2D eigenvalue weighted by Gasteiger charge is 2.25. The van der Waals surface area contributed by atoms with E-state index in [-0.39, 0.29) is 5.25 Å². The summed E-state index contributed by atoms with van der Waals surface area (Å²) in [5, 5.41) is 0.0258. The van der Waals surface area contributed by atoms with Crippen LogP contribution in [0, 0.1) is 5.92 Å². The van der Waals surface area contributed by atoms with Gasteiger partial charge in [0, 0.05) is 18.0 Å². The number of carbonyl (C=O) groups is 1. The number of fused-ring (bicyclic) bond motifs is 1. The number of nitrogens with zero attached hydrogens (tertiary/aromatic N) is 1. The summed E-state index contributed by atoms with van der Waals surface area (Å²) in [6, 6.07) is 6.75. The minimum atomic E-state index is 0.0258. The van der Waals surface area contributed by atoms with Crippen molar-refractivity contribution in [3.8, 4) is 0 Å². The first kappa shape index (κ1) is 15.0. The normalized spacial score (nSPS) is 20.4. The Balaban J connectivity index is 1.60. The molecule has 0 aromatic heterocycles. The molecule has 2 aliphatic rings. The van der Waals surface area contributed by atoms with Gasteiger partial charge in [-0.1, -0.05) is 13.0 Å². The van der Waals surface area contributed by atoms with E-state index in [0.29, 0.717) is 5.91 Å². The van der Waals surface area contributed by atoms with Crippen molar-refractivity contribution in [1.29, 1.82) is 0 Å². The summed E-state index contributed by atoms with van der Waals surface area (Å²) >= 11 is 1.72. The van der Waals surface area contributed by atoms with Crippen molar-refractivity contribution in [2.24, 2.45) is 5.92 Å². The van der Waals surface area contributed by atoms with Crippen LogP contribution in [-0.4, -0.2) is 29.1 Å². The molecular weight excluding hydrogens is 278 g/mol. The number of carbonyl (C=O) groups excluding carboxylic acids is 1. The number of amides is 1. The Hall–Kier alpha value is -0.960. The lowest BCUT2D eigenvalue weighted by Crippen LogP contribution is -2.41. The largest absolute Gasteiger partial charge is 0.342 e. The highest BCUT2D eigenvalue weighted by Crippen LogP contribution is 2.31. The first-order valence-corrected chi connectivity index (χ1v) is 9.08. The van der Waals surface area contributed by atoms with Gasteiger partial charge in [0.25, 0.3) is 0 Å². The van der Waals surface area contributed by atoms with Crippen LogP contribution in [-0.2, 0) is 17.6 Å². The fourth-order valence-electron chi connectivity index (χ4n) is 3.36. The van der Waals surface area contributed by atoms with Gasteiger partial charge in [0.05, 0.1) is 5.25 Å². The summed E-state index contributed by atoms with van der Waals surface area (Å²) in [5.41, 5.74) is 3.00. The molecule has 1 unspecified atom stereocenters. The third-order valence-corrected chi connectivity index (χ3v) is 5.91. The van der Waals surface area contributed by atoms with Gasteiger partial charge in [0.15, 0.2) is 0 Å². The maximum atomic E-state index is 12.5. The predicted molar refractivity (Wildman–Crippen MR) is 88.8 cm³/mol. The SMILES string of the molecule is CC1CCN(C(=O)C(C)Sc2ccc3c(c2)CCC3)CC1. The maximum absolute atomic E-state index is 12.5. The summed E-state index contributed by atoms with van der Waals surface area (Å²) < 4.78 is 0. The van der Waals surface area contributed by atoms with Crippen LogP contribution in [0.2, 0.25) is 0 Å². The van der Waals surface area contributed by atoms with Gasteiger partial charge in [0.1, 0.15) is 0 Å². The number of thioether (sulfide) groups is 1. The molecule has 1 aliphatic carbocycles. The first-order chi connectivity index (χ1) is 10.1. The zero-order chi connectivity index (χ0) is 14.8. The average molecular weight is 303 g/mol. The Kier molecular flexibility index (Phi) is 4.58. The zero-order valence-electron chi connectivity index (χ0n) is 13.1. The van der Waals surface area contributed by atoms with E-state index in [4.69, 9.17) is 0 Å². The standard InChI is InChI=1S/C18H25NOS/c1-13-8-10-19(11-9-13)18(20)14(2)21-17-7-6-15-4-3-5-16(15)12-17/h6-7,12-14H,3-5,8-11H2,1-2H3. The zero-order valence-corrected chi connectivity index (χ0v) is 13.9. The molecule has 3 rings (SSSR count). The molecule has 0 saturated carbocycles. The fraction of sp³-hybridized carbons (Fsp3) is 0.611. The Morgan fingerprint density at radius 2 is 1.95 bits per heavy atom. The van der Waals surface area contributed by atoms with Crippen LogP contribution in [0.4, 0.5) is 0 Å². The van der Waals surface area contributed by atoms with Crippen LogP contribution in [0.5, 0.6) is 0 Å². The molecule has 0 N–H and O–H groups in total. The number of hydrogen-bond donors (Lipinski definition) is 0. The van der Waals surface area contributed by atoms with Gasteiger partial charge in [0.2, 0.25) is 5.91 Å². The Morgan fingerprint density at radius 3 is 2.71 bits per heavy atom. The molecule has 1 aromatic rings. The van der Waals surface area contributed by atoms with Crippen molar-refractivity contribution < 1.29 is 4.79 Å². The number of likely N-dealkylation sites (tertiary alicyclic amines) is 1. The van der Waals surface area contributed by atoms with Crippen molar-refractivity contribution in [1.82, 2.24) is 4.90 Å². The number of piperidine rings is 1. The van der Waals surface area contributed by atoms with E-state index < -0.39 is 0 Å².